The maximum atomic E-state index is 6.09. The molecule has 2 N–H and O–H groups in total. The lowest BCUT2D eigenvalue weighted by Gasteiger charge is -2.33. The van der Waals surface area contributed by atoms with Gasteiger partial charge in [0.25, 0.3) is 0 Å². The van der Waals surface area contributed by atoms with Gasteiger partial charge in [0, 0.05) is 36.5 Å². The van der Waals surface area contributed by atoms with Crippen LogP contribution in [0.15, 0.2) is 24.5 Å². The van der Waals surface area contributed by atoms with Gasteiger partial charge in [0.15, 0.2) is 0 Å². The van der Waals surface area contributed by atoms with Crippen LogP contribution in [0.2, 0.25) is 0 Å². The average Bonchev–Trinajstić information content (AvgIpc) is 2.90. The summed E-state index contributed by atoms with van der Waals surface area (Å²) in [7, 11) is 0. The van der Waals surface area contributed by atoms with Gasteiger partial charge in [-0.2, -0.15) is 16.1 Å². The van der Waals surface area contributed by atoms with Gasteiger partial charge in [-0.05, 0) is 35.6 Å². The third-order valence-electron chi connectivity index (χ3n) is 3.55. The summed E-state index contributed by atoms with van der Waals surface area (Å²) >= 11 is 3.58. The first-order valence-corrected chi connectivity index (χ1v) is 8.64. The molecule has 1 unspecified atom stereocenters. The average molecular weight is 306 g/mol. The lowest BCUT2D eigenvalue weighted by Crippen LogP contribution is -2.37. The van der Waals surface area contributed by atoms with Crippen molar-refractivity contribution in [3.8, 4) is 11.1 Å². The summed E-state index contributed by atoms with van der Waals surface area (Å²) in [6.45, 7) is 4.41. The zero-order valence-corrected chi connectivity index (χ0v) is 13.1. The Labute approximate surface area is 127 Å². The second-order valence-electron chi connectivity index (χ2n) is 4.83. The lowest BCUT2D eigenvalue weighted by molar-refractivity contribution is 0.733. The van der Waals surface area contributed by atoms with Crippen LogP contribution in [-0.2, 0) is 0 Å². The normalized spacial score (nSPS) is 19.2. The Morgan fingerprint density at radius 2 is 2.20 bits per heavy atom. The quantitative estimate of drug-likeness (QED) is 0.944. The second-order valence-corrected chi connectivity index (χ2v) is 6.99. The van der Waals surface area contributed by atoms with Gasteiger partial charge in [0.05, 0.1) is 5.56 Å². The first-order chi connectivity index (χ1) is 9.79. The molecular weight excluding hydrogens is 288 g/mol. The Hall–Kier alpha value is -1.27. The minimum atomic E-state index is 0.627. The Kier molecular flexibility index (Phi) is 4.12. The highest BCUT2D eigenvalue weighted by molar-refractivity contribution is 8.00. The zero-order valence-electron chi connectivity index (χ0n) is 11.5. The van der Waals surface area contributed by atoms with E-state index in [4.69, 9.17) is 5.73 Å². The van der Waals surface area contributed by atoms with Gasteiger partial charge in [0.1, 0.15) is 10.8 Å². The Bertz CT molecular complexity index is 570. The van der Waals surface area contributed by atoms with E-state index in [1.807, 2.05) is 12.1 Å². The maximum absolute atomic E-state index is 6.09. The predicted octanol–water partition coefficient (Wildman–Crippen LogP) is 3.12. The number of hydrogen-bond acceptors (Lipinski definition) is 6. The minimum Gasteiger partial charge on any atom is -0.382 e. The Morgan fingerprint density at radius 3 is 2.95 bits per heavy atom. The van der Waals surface area contributed by atoms with Crippen molar-refractivity contribution in [2.75, 3.05) is 29.5 Å². The fourth-order valence-electron chi connectivity index (χ4n) is 2.45. The molecule has 4 nitrogen and oxygen atoms in total. The van der Waals surface area contributed by atoms with E-state index in [1.54, 1.807) is 12.4 Å². The molecule has 20 heavy (non-hydrogen) atoms. The first-order valence-electron chi connectivity index (χ1n) is 6.81. The number of aromatic nitrogens is 2. The Balaban J connectivity index is 1.95. The standard InChI is InChI=1S/C14H18N4S2/c1-2-11-9-18(7-8-19-11)14-12(13(15)17-20-14)10-3-5-16-6-4-10/h3-6,11H,2,7-9H2,1H3,(H2,15,17). The molecule has 0 aliphatic carbocycles. The topological polar surface area (TPSA) is 55.0 Å². The van der Waals surface area contributed by atoms with E-state index in [1.165, 1.54) is 28.7 Å². The van der Waals surface area contributed by atoms with E-state index >= 15 is 0 Å². The molecule has 0 saturated carbocycles. The fraction of sp³-hybridized carbons (Fsp3) is 0.429. The monoisotopic (exact) mass is 306 g/mol. The van der Waals surface area contributed by atoms with E-state index in [2.05, 4.69) is 32.9 Å². The van der Waals surface area contributed by atoms with Crippen LogP contribution < -0.4 is 10.6 Å². The summed E-state index contributed by atoms with van der Waals surface area (Å²) in [5, 5.41) is 1.91. The van der Waals surface area contributed by atoms with E-state index < -0.39 is 0 Å². The highest BCUT2D eigenvalue weighted by atomic mass is 32.2. The molecule has 1 aliphatic heterocycles. The van der Waals surface area contributed by atoms with Crippen molar-refractivity contribution >= 4 is 34.1 Å². The van der Waals surface area contributed by atoms with Crippen LogP contribution in [0.25, 0.3) is 11.1 Å². The van der Waals surface area contributed by atoms with E-state index in [-0.39, 0.29) is 0 Å². The molecule has 106 valence electrons. The highest BCUT2D eigenvalue weighted by Crippen LogP contribution is 2.40. The van der Waals surface area contributed by atoms with Crippen LogP contribution >= 0.6 is 23.3 Å². The van der Waals surface area contributed by atoms with Gasteiger partial charge in [0.2, 0.25) is 0 Å². The number of pyridine rings is 1. The molecule has 3 heterocycles. The highest BCUT2D eigenvalue weighted by Gasteiger charge is 2.24. The summed E-state index contributed by atoms with van der Waals surface area (Å²) in [4.78, 5) is 6.52. The van der Waals surface area contributed by atoms with Gasteiger partial charge in [-0.25, -0.2) is 0 Å². The molecule has 0 radical (unpaired) electrons. The van der Waals surface area contributed by atoms with Crippen molar-refractivity contribution in [3.05, 3.63) is 24.5 Å². The smallest absolute Gasteiger partial charge is 0.147 e. The van der Waals surface area contributed by atoms with Gasteiger partial charge in [-0.15, -0.1) is 0 Å². The van der Waals surface area contributed by atoms with Crippen LogP contribution in [0.3, 0.4) is 0 Å². The van der Waals surface area contributed by atoms with Crippen molar-refractivity contribution < 1.29 is 0 Å². The van der Waals surface area contributed by atoms with Crippen LogP contribution in [-0.4, -0.2) is 33.4 Å². The SMILES string of the molecule is CCC1CN(c2snc(N)c2-c2ccncc2)CCS1. The van der Waals surface area contributed by atoms with E-state index in [0.717, 1.165) is 24.2 Å². The van der Waals surface area contributed by atoms with Crippen LogP contribution in [0.5, 0.6) is 0 Å². The van der Waals surface area contributed by atoms with Gasteiger partial charge >= 0.3 is 0 Å². The third kappa shape index (κ3) is 2.62. The van der Waals surface area contributed by atoms with E-state index in [9.17, 15) is 0 Å². The summed E-state index contributed by atoms with van der Waals surface area (Å²) < 4.78 is 4.37. The molecule has 1 atom stereocenters. The molecule has 0 amide bonds. The zero-order chi connectivity index (χ0) is 13.9. The number of rotatable bonds is 3. The molecule has 1 fully saturated rings. The molecule has 3 rings (SSSR count). The third-order valence-corrected chi connectivity index (χ3v) is 5.85. The molecule has 2 aromatic rings. The minimum absolute atomic E-state index is 0.627. The molecule has 1 saturated heterocycles. The molecule has 0 aromatic carbocycles. The predicted molar refractivity (Wildman–Crippen MR) is 88.5 cm³/mol. The number of thioether (sulfide) groups is 1. The van der Waals surface area contributed by atoms with Crippen LogP contribution in [0.1, 0.15) is 13.3 Å². The van der Waals surface area contributed by atoms with Gasteiger partial charge in [-0.1, -0.05) is 6.92 Å². The van der Waals surface area contributed by atoms with Crippen molar-refractivity contribution in [1.82, 2.24) is 9.36 Å². The summed E-state index contributed by atoms with van der Waals surface area (Å²) in [6.07, 6.45) is 4.81. The van der Waals surface area contributed by atoms with Crippen LogP contribution in [0.4, 0.5) is 10.8 Å². The van der Waals surface area contributed by atoms with Crippen molar-refractivity contribution in [3.63, 3.8) is 0 Å². The van der Waals surface area contributed by atoms with Gasteiger partial charge < -0.3 is 10.6 Å². The summed E-state index contributed by atoms with van der Waals surface area (Å²) in [6, 6.07) is 4.00. The van der Waals surface area contributed by atoms with Gasteiger partial charge in [-0.3, -0.25) is 4.98 Å². The molecule has 0 bridgehead atoms. The van der Waals surface area contributed by atoms with Crippen molar-refractivity contribution in [2.45, 2.75) is 18.6 Å². The first kappa shape index (κ1) is 13.7. The number of anilines is 2. The van der Waals surface area contributed by atoms with Crippen molar-refractivity contribution in [2.24, 2.45) is 0 Å². The number of nitrogens with zero attached hydrogens (tertiary/aromatic N) is 3. The lowest BCUT2D eigenvalue weighted by atomic mass is 10.1. The largest absolute Gasteiger partial charge is 0.382 e. The fourth-order valence-corrected chi connectivity index (χ4v) is 4.50. The second kappa shape index (κ2) is 6.01. The molecule has 2 aromatic heterocycles. The van der Waals surface area contributed by atoms with Crippen LogP contribution in [0, 0.1) is 0 Å². The number of hydrogen-bond donors (Lipinski definition) is 1. The summed E-state index contributed by atoms with van der Waals surface area (Å²) in [5.41, 5.74) is 8.27. The number of nitrogens with two attached hydrogens (primary N) is 1. The molecule has 6 heteroatoms. The molecule has 0 spiro atoms. The maximum Gasteiger partial charge on any atom is 0.147 e. The molecular formula is C14H18N4S2. The van der Waals surface area contributed by atoms with Crippen molar-refractivity contribution in [1.29, 1.82) is 0 Å². The Morgan fingerprint density at radius 1 is 1.40 bits per heavy atom. The van der Waals surface area contributed by atoms with E-state index in [0.29, 0.717) is 11.1 Å². The number of nitrogen functional groups attached to an aromatic ring is 1. The summed E-state index contributed by atoms with van der Waals surface area (Å²) in [5.74, 6) is 1.80. The molecule has 1 aliphatic rings.